The highest BCUT2D eigenvalue weighted by molar-refractivity contribution is 6.14. The number of nitrogens with zero attached hydrogens (tertiary/aromatic N) is 5. The SMILES string of the molecule is O=C1NC(=O)/C(=C/c2cnn3c(NC4CC4)nc(NCc4ccccc4-c4ccc5[nH]ncc5c4)nc23)N1. The summed E-state index contributed by atoms with van der Waals surface area (Å²) < 4.78 is 1.61. The first kappa shape index (κ1) is 22.0. The first-order valence-corrected chi connectivity index (χ1v) is 12.2. The molecule has 0 spiro atoms. The Kier molecular flexibility index (Phi) is 5.03. The summed E-state index contributed by atoms with van der Waals surface area (Å²) in [4.78, 5) is 33.0. The van der Waals surface area contributed by atoms with Gasteiger partial charge in [0.15, 0.2) is 5.65 Å². The number of aromatic amines is 1. The van der Waals surface area contributed by atoms with Gasteiger partial charge in [-0.2, -0.15) is 24.7 Å². The lowest BCUT2D eigenvalue weighted by Gasteiger charge is -2.13. The van der Waals surface area contributed by atoms with Gasteiger partial charge in [0.25, 0.3) is 5.91 Å². The lowest BCUT2D eigenvalue weighted by molar-refractivity contribution is -0.115. The zero-order chi connectivity index (χ0) is 25.6. The summed E-state index contributed by atoms with van der Waals surface area (Å²) in [5.74, 6) is 0.479. The summed E-state index contributed by atoms with van der Waals surface area (Å²) in [5.41, 5.74) is 5.47. The van der Waals surface area contributed by atoms with E-state index in [0.29, 0.717) is 35.7 Å². The number of amides is 3. The molecule has 0 bridgehead atoms. The Labute approximate surface area is 215 Å². The highest BCUT2D eigenvalue weighted by Crippen LogP contribution is 2.28. The van der Waals surface area contributed by atoms with Gasteiger partial charge in [-0.3, -0.25) is 15.2 Å². The van der Waals surface area contributed by atoms with E-state index >= 15 is 0 Å². The number of carbonyl (C=O) groups is 2. The Hall–Kier alpha value is -5.26. The van der Waals surface area contributed by atoms with E-state index < -0.39 is 11.9 Å². The monoisotopic (exact) mass is 506 g/mol. The van der Waals surface area contributed by atoms with Gasteiger partial charge in [-0.1, -0.05) is 30.3 Å². The first-order chi connectivity index (χ1) is 18.6. The summed E-state index contributed by atoms with van der Waals surface area (Å²) in [6, 6.07) is 14.2. The molecule has 3 amide bonds. The average Bonchev–Trinajstić information content (AvgIpc) is 3.30. The smallest absolute Gasteiger partial charge is 0.326 e. The third kappa shape index (κ3) is 4.07. The molecule has 1 aliphatic carbocycles. The lowest BCUT2D eigenvalue weighted by atomic mass is 9.98. The van der Waals surface area contributed by atoms with E-state index in [4.69, 9.17) is 4.98 Å². The molecule has 0 unspecified atom stereocenters. The molecule has 0 atom stereocenters. The normalized spacial score (nSPS) is 16.3. The summed E-state index contributed by atoms with van der Waals surface area (Å²) in [6.07, 6.45) is 7.09. The van der Waals surface area contributed by atoms with Crippen LogP contribution < -0.4 is 21.3 Å². The zero-order valence-corrected chi connectivity index (χ0v) is 20.0. The molecule has 1 aliphatic heterocycles. The van der Waals surface area contributed by atoms with Crippen molar-refractivity contribution in [2.45, 2.75) is 25.4 Å². The largest absolute Gasteiger partial charge is 0.351 e. The molecule has 0 radical (unpaired) electrons. The van der Waals surface area contributed by atoms with Gasteiger partial charge in [0.1, 0.15) is 5.70 Å². The highest BCUT2D eigenvalue weighted by atomic mass is 16.2. The fourth-order valence-electron chi connectivity index (χ4n) is 4.46. The predicted octanol–water partition coefficient (Wildman–Crippen LogP) is 3.03. The van der Waals surface area contributed by atoms with Gasteiger partial charge < -0.3 is 16.0 Å². The molecule has 188 valence electrons. The number of hydrogen-bond acceptors (Lipinski definition) is 8. The molecule has 12 heteroatoms. The maximum absolute atomic E-state index is 12.0. The number of rotatable bonds is 7. The lowest BCUT2D eigenvalue weighted by Crippen LogP contribution is -2.22. The van der Waals surface area contributed by atoms with E-state index in [0.717, 1.165) is 40.4 Å². The van der Waals surface area contributed by atoms with Crippen LogP contribution in [0.3, 0.4) is 0 Å². The van der Waals surface area contributed by atoms with Crippen molar-refractivity contribution in [2.75, 3.05) is 10.6 Å². The van der Waals surface area contributed by atoms with Crippen molar-refractivity contribution in [1.29, 1.82) is 0 Å². The molecule has 38 heavy (non-hydrogen) atoms. The number of H-pyrrole nitrogens is 1. The number of fused-ring (bicyclic) bond motifs is 2. The number of imide groups is 1. The Morgan fingerprint density at radius 2 is 1.95 bits per heavy atom. The van der Waals surface area contributed by atoms with E-state index in [2.05, 4.69) is 65.8 Å². The van der Waals surface area contributed by atoms with Gasteiger partial charge in [-0.25, -0.2) is 4.79 Å². The Morgan fingerprint density at radius 3 is 2.79 bits per heavy atom. The second kappa shape index (κ2) is 8.69. The zero-order valence-electron chi connectivity index (χ0n) is 20.0. The Morgan fingerprint density at radius 1 is 1.05 bits per heavy atom. The second-order valence-electron chi connectivity index (χ2n) is 9.27. The molecule has 5 N–H and O–H groups in total. The van der Waals surface area contributed by atoms with Crippen LogP contribution in [-0.2, 0) is 11.3 Å². The van der Waals surface area contributed by atoms with Gasteiger partial charge >= 0.3 is 6.03 Å². The summed E-state index contributed by atoms with van der Waals surface area (Å²) in [6.45, 7) is 0.488. The molecular formula is C26H22N10O2. The molecule has 2 aromatic carbocycles. The van der Waals surface area contributed by atoms with E-state index in [-0.39, 0.29) is 5.70 Å². The molecule has 7 rings (SSSR count). The molecule has 5 aromatic rings. The van der Waals surface area contributed by atoms with Crippen LogP contribution in [0.2, 0.25) is 0 Å². The predicted molar refractivity (Wildman–Crippen MR) is 141 cm³/mol. The third-order valence-corrected chi connectivity index (χ3v) is 6.53. The van der Waals surface area contributed by atoms with Crippen LogP contribution in [0.1, 0.15) is 24.0 Å². The van der Waals surface area contributed by atoms with E-state index in [1.807, 2.05) is 24.4 Å². The van der Waals surface area contributed by atoms with Crippen LogP contribution in [0.25, 0.3) is 33.8 Å². The van der Waals surface area contributed by atoms with E-state index in [1.54, 1.807) is 16.8 Å². The molecular weight excluding hydrogens is 484 g/mol. The van der Waals surface area contributed by atoms with Crippen molar-refractivity contribution in [3.8, 4) is 11.1 Å². The van der Waals surface area contributed by atoms with Crippen LogP contribution in [0.4, 0.5) is 16.7 Å². The molecule has 2 fully saturated rings. The Bertz CT molecular complexity index is 1760. The highest BCUT2D eigenvalue weighted by Gasteiger charge is 2.26. The van der Waals surface area contributed by atoms with E-state index in [9.17, 15) is 9.59 Å². The molecule has 3 aromatic heterocycles. The minimum atomic E-state index is -0.559. The quantitative estimate of drug-likeness (QED) is 0.167. The summed E-state index contributed by atoms with van der Waals surface area (Å²) in [7, 11) is 0. The van der Waals surface area contributed by atoms with Crippen molar-refractivity contribution < 1.29 is 9.59 Å². The van der Waals surface area contributed by atoms with Crippen molar-refractivity contribution in [3.05, 3.63) is 71.7 Å². The molecule has 12 nitrogen and oxygen atoms in total. The maximum Gasteiger partial charge on any atom is 0.326 e. The van der Waals surface area contributed by atoms with Gasteiger partial charge in [-0.05, 0) is 47.7 Å². The van der Waals surface area contributed by atoms with Crippen LogP contribution in [0.5, 0.6) is 0 Å². The van der Waals surface area contributed by atoms with Crippen molar-refractivity contribution in [2.24, 2.45) is 0 Å². The number of hydrogen-bond donors (Lipinski definition) is 5. The number of urea groups is 1. The molecule has 1 saturated carbocycles. The van der Waals surface area contributed by atoms with Crippen molar-refractivity contribution in [3.63, 3.8) is 0 Å². The second-order valence-corrected chi connectivity index (χ2v) is 9.27. The first-order valence-electron chi connectivity index (χ1n) is 12.2. The standard InChI is InChI=1S/C26H22N10O2/c37-23-21(31-26(38)33-23)10-17-13-29-36-22(17)32-24(34-25(36)30-18-6-7-18)27-11-15-3-1-2-4-19(15)14-5-8-20-16(9-14)12-28-35-20/h1-5,8-10,12-13,18H,6-7,11H2,(H,28,35)(H2,27,30,32,34)(H2,31,33,37,38)/b21-10-. The minimum Gasteiger partial charge on any atom is -0.351 e. The minimum absolute atomic E-state index is 0.137. The van der Waals surface area contributed by atoms with Crippen LogP contribution >= 0.6 is 0 Å². The van der Waals surface area contributed by atoms with Crippen LogP contribution in [-0.4, -0.2) is 47.8 Å². The maximum atomic E-state index is 12.0. The fraction of sp³-hybridized carbons (Fsp3) is 0.154. The van der Waals surface area contributed by atoms with Crippen LogP contribution in [0, 0.1) is 0 Å². The van der Waals surface area contributed by atoms with Crippen molar-refractivity contribution >= 4 is 46.5 Å². The number of aromatic nitrogens is 6. The van der Waals surface area contributed by atoms with Gasteiger partial charge in [0, 0.05) is 23.5 Å². The summed E-state index contributed by atoms with van der Waals surface area (Å²) in [5, 5.41) is 24.0. The number of anilines is 2. The number of nitrogens with one attached hydrogen (secondary N) is 5. The topological polar surface area (TPSA) is 154 Å². The molecule has 4 heterocycles. The van der Waals surface area contributed by atoms with Gasteiger partial charge in [0.2, 0.25) is 11.9 Å². The third-order valence-electron chi connectivity index (χ3n) is 6.53. The van der Waals surface area contributed by atoms with Gasteiger partial charge in [-0.15, -0.1) is 0 Å². The fourth-order valence-corrected chi connectivity index (χ4v) is 4.46. The van der Waals surface area contributed by atoms with Crippen LogP contribution in [0.15, 0.2) is 60.6 Å². The average molecular weight is 507 g/mol. The molecule has 2 aliphatic rings. The number of carbonyl (C=O) groups excluding carboxylic acids is 2. The van der Waals surface area contributed by atoms with Gasteiger partial charge in [0.05, 0.1) is 17.9 Å². The summed E-state index contributed by atoms with van der Waals surface area (Å²) >= 11 is 0. The number of benzene rings is 2. The van der Waals surface area contributed by atoms with Crippen molar-refractivity contribution in [1.82, 2.24) is 40.4 Å². The van der Waals surface area contributed by atoms with E-state index in [1.165, 1.54) is 0 Å². The molecule has 1 saturated heterocycles. The Balaban J connectivity index is 1.22.